The first-order valence-electron chi connectivity index (χ1n) is 6.98. The molecule has 0 heterocycles. The van der Waals surface area contributed by atoms with Gasteiger partial charge in [-0.15, -0.1) is 11.6 Å². The van der Waals surface area contributed by atoms with Gasteiger partial charge in [-0.2, -0.15) is 0 Å². The van der Waals surface area contributed by atoms with Gasteiger partial charge in [0.1, 0.15) is 0 Å². The van der Waals surface area contributed by atoms with Crippen LogP contribution in [0.4, 0.5) is 0 Å². The molecule has 2 fully saturated rings. The molecule has 2 aliphatic carbocycles. The van der Waals surface area contributed by atoms with E-state index in [1.54, 1.807) is 0 Å². The van der Waals surface area contributed by atoms with E-state index in [1.165, 1.54) is 25.7 Å². The fourth-order valence-corrected chi connectivity index (χ4v) is 4.01. The summed E-state index contributed by atoms with van der Waals surface area (Å²) in [5, 5.41) is 3.21. The van der Waals surface area contributed by atoms with Crippen LogP contribution in [0.3, 0.4) is 0 Å². The Labute approximate surface area is 109 Å². The van der Waals surface area contributed by atoms with Crippen LogP contribution < -0.4 is 5.32 Å². The van der Waals surface area contributed by atoms with Crippen LogP contribution in [0.1, 0.15) is 52.4 Å². The van der Waals surface area contributed by atoms with Crippen molar-refractivity contribution in [2.45, 2.75) is 63.8 Å². The number of carbonyl (C=O) groups excluding carboxylic acids is 1. The molecule has 0 saturated heterocycles. The van der Waals surface area contributed by atoms with E-state index in [1.807, 2.05) is 13.8 Å². The molecule has 0 aromatic heterocycles. The Bertz CT molecular complexity index is 279. The fraction of sp³-hybridized carbons (Fsp3) is 0.929. The Morgan fingerprint density at radius 3 is 2.65 bits per heavy atom. The number of amides is 1. The minimum Gasteiger partial charge on any atom is -0.354 e. The van der Waals surface area contributed by atoms with Crippen LogP contribution >= 0.6 is 11.6 Å². The second-order valence-corrected chi connectivity index (χ2v) is 6.87. The quantitative estimate of drug-likeness (QED) is 0.752. The number of hydrogen-bond acceptors (Lipinski definition) is 1. The van der Waals surface area contributed by atoms with Crippen LogP contribution in [0.2, 0.25) is 0 Å². The minimum absolute atomic E-state index is 0.132. The standard InChI is InChI=1S/C14H24ClNO/c1-9(15)5-10(2)16-14(17)8-13-7-11-3-4-12(13)6-11/h9-13H,3-8H2,1-2H3,(H,16,17). The molecule has 1 N–H and O–H groups in total. The van der Waals surface area contributed by atoms with Crippen molar-refractivity contribution >= 4 is 17.5 Å². The van der Waals surface area contributed by atoms with E-state index in [4.69, 9.17) is 11.6 Å². The molecule has 3 heteroatoms. The molecular formula is C14H24ClNO. The van der Waals surface area contributed by atoms with Crippen LogP contribution in [0, 0.1) is 17.8 Å². The average molecular weight is 258 g/mol. The van der Waals surface area contributed by atoms with E-state index < -0.39 is 0 Å². The molecule has 2 nitrogen and oxygen atoms in total. The van der Waals surface area contributed by atoms with Crippen molar-refractivity contribution < 1.29 is 4.79 Å². The smallest absolute Gasteiger partial charge is 0.220 e. The van der Waals surface area contributed by atoms with E-state index in [9.17, 15) is 4.79 Å². The van der Waals surface area contributed by atoms with Crippen LogP contribution in [0.5, 0.6) is 0 Å². The summed E-state index contributed by atoms with van der Waals surface area (Å²) in [6.45, 7) is 4.01. The average Bonchev–Trinajstić information content (AvgIpc) is 2.76. The third kappa shape index (κ3) is 3.61. The van der Waals surface area contributed by atoms with Crippen molar-refractivity contribution in [1.29, 1.82) is 0 Å². The van der Waals surface area contributed by atoms with E-state index >= 15 is 0 Å². The molecule has 98 valence electrons. The van der Waals surface area contributed by atoms with Crippen molar-refractivity contribution in [1.82, 2.24) is 5.32 Å². The molecule has 2 rings (SSSR count). The molecule has 0 radical (unpaired) electrons. The lowest BCUT2D eigenvalue weighted by atomic mass is 9.86. The van der Waals surface area contributed by atoms with E-state index in [2.05, 4.69) is 5.32 Å². The van der Waals surface area contributed by atoms with Crippen LogP contribution in [-0.2, 0) is 4.79 Å². The number of halogens is 1. The molecule has 0 spiro atoms. The Morgan fingerprint density at radius 2 is 2.12 bits per heavy atom. The van der Waals surface area contributed by atoms with E-state index in [0.29, 0.717) is 5.92 Å². The Morgan fingerprint density at radius 1 is 1.35 bits per heavy atom. The molecule has 0 aromatic rings. The van der Waals surface area contributed by atoms with Crippen molar-refractivity contribution in [2.75, 3.05) is 0 Å². The lowest BCUT2D eigenvalue weighted by Gasteiger charge is -2.22. The molecule has 2 bridgehead atoms. The van der Waals surface area contributed by atoms with Gasteiger partial charge in [0, 0.05) is 17.8 Å². The zero-order valence-electron chi connectivity index (χ0n) is 10.9. The van der Waals surface area contributed by atoms with Crippen molar-refractivity contribution in [2.24, 2.45) is 17.8 Å². The first-order valence-corrected chi connectivity index (χ1v) is 7.41. The van der Waals surface area contributed by atoms with Gasteiger partial charge < -0.3 is 5.32 Å². The molecule has 17 heavy (non-hydrogen) atoms. The molecule has 0 aromatic carbocycles. The summed E-state index contributed by atoms with van der Waals surface area (Å²) in [6, 6.07) is 0.202. The molecule has 1 amide bonds. The van der Waals surface area contributed by atoms with Crippen LogP contribution in [0.15, 0.2) is 0 Å². The predicted octanol–water partition coefficient (Wildman–Crippen LogP) is 3.33. The number of alkyl halides is 1. The predicted molar refractivity (Wildman–Crippen MR) is 71.1 cm³/mol. The molecule has 0 aliphatic heterocycles. The zero-order chi connectivity index (χ0) is 12.4. The number of carbonyl (C=O) groups is 1. The summed E-state index contributed by atoms with van der Waals surface area (Å²) >= 11 is 5.93. The first kappa shape index (κ1) is 13.2. The van der Waals surface area contributed by atoms with Gasteiger partial charge in [-0.05, 0) is 57.3 Å². The van der Waals surface area contributed by atoms with Gasteiger partial charge in [0.05, 0.1) is 0 Å². The maximum atomic E-state index is 11.9. The van der Waals surface area contributed by atoms with Gasteiger partial charge in [-0.25, -0.2) is 0 Å². The van der Waals surface area contributed by atoms with Gasteiger partial charge in [-0.3, -0.25) is 4.79 Å². The Balaban J connectivity index is 1.70. The highest BCUT2D eigenvalue weighted by atomic mass is 35.5. The number of rotatable bonds is 5. The minimum atomic E-state index is 0.132. The summed E-state index contributed by atoms with van der Waals surface area (Å²) in [7, 11) is 0. The lowest BCUT2D eigenvalue weighted by molar-refractivity contribution is -0.123. The normalized spacial score (nSPS) is 34.6. The van der Waals surface area contributed by atoms with Crippen molar-refractivity contribution in [3.63, 3.8) is 0 Å². The van der Waals surface area contributed by atoms with E-state index in [-0.39, 0.29) is 17.3 Å². The Hall–Kier alpha value is -0.240. The highest BCUT2D eigenvalue weighted by Gasteiger charge is 2.40. The van der Waals surface area contributed by atoms with Gasteiger partial charge in [0.15, 0.2) is 0 Å². The summed E-state index contributed by atoms with van der Waals surface area (Å²) < 4.78 is 0. The van der Waals surface area contributed by atoms with Crippen LogP contribution in [0.25, 0.3) is 0 Å². The topological polar surface area (TPSA) is 29.1 Å². The first-order chi connectivity index (χ1) is 8.04. The molecular weight excluding hydrogens is 234 g/mol. The Kier molecular flexibility index (Phi) is 4.35. The van der Waals surface area contributed by atoms with Gasteiger partial charge in [0.25, 0.3) is 0 Å². The molecule has 2 saturated carbocycles. The maximum Gasteiger partial charge on any atom is 0.220 e. The number of nitrogens with one attached hydrogen (secondary N) is 1. The maximum absolute atomic E-state index is 11.9. The number of fused-ring (bicyclic) bond motifs is 2. The lowest BCUT2D eigenvalue weighted by Crippen LogP contribution is -2.35. The highest BCUT2D eigenvalue weighted by Crippen LogP contribution is 2.49. The number of hydrogen-bond donors (Lipinski definition) is 1. The fourth-order valence-electron chi connectivity index (χ4n) is 3.74. The van der Waals surface area contributed by atoms with Crippen LogP contribution in [-0.4, -0.2) is 17.3 Å². The van der Waals surface area contributed by atoms with Gasteiger partial charge in [0.2, 0.25) is 5.91 Å². The third-order valence-electron chi connectivity index (χ3n) is 4.42. The highest BCUT2D eigenvalue weighted by molar-refractivity contribution is 6.20. The van der Waals surface area contributed by atoms with Crippen molar-refractivity contribution in [3.05, 3.63) is 0 Å². The van der Waals surface area contributed by atoms with Gasteiger partial charge >= 0.3 is 0 Å². The van der Waals surface area contributed by atoms with Gasteiger partial charge in [-0.1, -0.05) is 6.42 Å². The van der Waals surface area contributed by atoms with Crippen molar-refractivity contribution in [3.8, 4) is 0 Å². The summed E-state index contributed by atoms with van der Waals surface area (Å²) in [5.41, 5.74) is 0. The summed E-state index contributed by atoms with van der Waals surface area (Å²) in [4.78, 5) is 11.9. The molecule has 5 atom stereocenters. The second-order valence-electron chi connectivity index (χ2n) is 6.12. The molecule has 5 unspecified atom stereocenters. The SMILES string of the molecule is CC(Cl)CC(C)NC(=O)CC1CC2CCC1C2. The monoisotopic (exact) mass is 257 g/mol. The zero-order valence-corrected chi connectivity index (χ0v) is 11.7. The summed E-state index contributed by atoms with van der Waals surface area (Å²) in [5.74, 6) is 2.66. The summed E-state index contributed by atoms with van der Waals surface area (Å²) in [6.07, 6.45) is 7.02. The molecule has 2 aliphatic rings. The second kappa shape index (κ2) is 5.60. The third-order valence-corrected chi connectivity index (χ3v) is 4.60. The largest absolute Gasteiger partial charge is 0.354 e. The van der Waals surface area contributed by atoms with E-state index in [0.717, 1.165) is 24.7 Å².